The molecule has 2 aromatic rings. The molecule has 1 saturated heterocycles. The van der Waals surface area contributed by atoms with Gasteiger partial charge in [-0.3, -0.25) is 20.0 Å². The molecule has 5 heteroatoms. The van der Waals surface area contributed by atoms with Gasteiger partial charge in [0.15, 0.2) is 0 Å². The van der Waals surface area contributed by atoms with Crippen molar-refractivity contribution in [1.82, 2.24) is 10.4 Å². The molecule has 0 bridgehead atoms. The zero-order valence-corrected chi connectivity index (χ0v) is 15.0. The maximum atomic E-state index is 12.5. The van der Waals surface area contributed by atoms with Crippen molar-refractivity contribution in [1.29, 1.82) is 0 Å². The normalized spacial score (nSPS) is 20.2. The van der Waals surface area contributed by atoms with Crippen LogP contribution in [0.2, 0.25) is 0 Å². The molecule has 1 fully saturated rings. The minimum Gasteiger partial charge on any atom is -0.273 e. The van der Waals surface area contributed by atoms with Gasteiger partial charge in [-0.2, -0.15) is 0 Å². The van der Waals surface area contributed by atoms with Crippen LogP contribution in [0.1, 0.15) is 41.6 Å². The first-order valence-corrected chi connectivity index (χ1v) is 8.83. The number of nitrogens with zero attached hydrogens (tertiary/aromatic N) is 1. The van der Waals surface area contributed by atoms with Gasteiger partial charge >= 0.3 is 0 Å². The lowest BCUT2D eigenvalue weighted by Gasteiger charge is -2.27. The molecule has 0 spiro atoms. The fourth-order valence-corrected chi connectivity index (χ4v) is 3.48. The van der Waals surface area contributed by atoms with Gasteiger partial charge in [0, 0.05) is 22.4 Å². The summed E-state index contributed by atoms with van der Waals surface area (Å²) in [6, 6.07) is 17.1. The Bertz CT molecular complexity index is 731. The summed E-state index contributed by atoms with van der Waals surface area (Å²) in [5.74, 6) is -0.196. The molecule has 2 atom stereocenters. The minimum atomic E-state index is -0.261. The lowest BCUT2D eigenvalue weighted by Crippen LogP contribution is -2.48. The Balaban J connectivity index is 1.78. The summed E-state index contributed by atoms with van der Waals surface area (Å²) in [5.41, 5.74) is 4.46. The SMILES string of the molecule is CC[C@H]1[C@H](c2ccccc2)CC(=O)N1NC(=O)c1ccc(Br)cc1. The number of hydrogen-bond donors (Lipinski definition) is 1. The van der Waals surface area contributed by atoms with E-state index in [0.29, 0.717) is 12.0 Å². The average Bonchev–Trinajstić information content (AvgIpc) is 2.92. The highest BCUT2D eigenvalue weighted by molar-refractivity contribution is 9.10. The van der Waals surface area contributed by atoms with Crippen LogP contribution in [0.5, 0.6) is 0 Å². The van der Waals surface area contributed by atoms with Crippen molar-refractivity contribution < 1.29 is 9.59 Å². The highest BCUT2D eigenvalue weighted by atomic mass is 79.9. The fraction of sp³-hybridized carbons (Fsp3) is 0.263. The zero-order valence-electron chi connectivity index (χ0n) is 13.4. The van der Waals surface area contributed by atoms with Gasteiger partial charge in [0.05, 0.1) is 6.04 Å². The first kappa shape index (κ1) is 16.7. The van der Waals surface area contributed by atoms with E-state index in [1.807, 2.05) is 49.4 Å². The molecule has 124 valence electrons. The fourth-order valence-electron chi connectivity index (χ4n) is 3.22. The molecule has 0 radical (unpaired) electrons. The first-order valence-electron chi connectivity index (χ1n) is 8.03. The van der Waals surface area contributed by atoms with Crippen LogP contribution in [-0.2, 0) is 4.79 Å². The minimum absolute atomic E-state index is 0.0284. The summed E-state index contributed by atoms with van der Waals surface area (Å²) in [6.45, 7) is 2.04. The van der Waals surface area contributed by atoms with Crippen LogP contribution in [0, 0.1) is 0 Å². The number of hydrogen-bond acceptors (Lipinski definition) is 2. The molecule has 0 aliphatic carbocycles. The van der Waals surface area contributed by atoms with E-state index in [-0.39, 0.29) is 23.8 Å². The van der Waals surface area contributed by atoms with Crippen LogP contribution in [0.3, 0.4) is 0 Å². The van der Waals surface area contributed by atoms with Crippen molar-refractivity contribution in [2.75, 3.05) is 0 Å². The number of rotatable bonds is 4. The molecule has 4 nitrogen and oxygen atoms in total. The van der Waals surface area contributed by atoms with Crippen LogP contribution >= 0.6 is 15.9 Å². The summed E-state index contributed by atoms with van der Waals surface area (Å²) in [6.07, 6.45) is 1.20. The van der Waals surface area contributed by atoms with E-state index >= 15 is 0 Å². The van der Waals surface area contributed by atoms with Gasteiger partial charge in [-0.25, -0.2) is 0 Å². The van der Waals surface area contributed by atoms with Gasteiger partial charge in [-0.05, 0) is 36.2 Å². The molecular formula is C19H19BrN2O2. The average molecular weight is 387 g/mol. The second-order valence-corrected chi connectivity index (χ2v) is 6.82. The van der Waals surface area contributed by atoms with Crippen molar-refractivity contribution in [3.8, 4) is 0 Å². The Hall–Kier alpha value is -2.14. The van der Waals surface area contributed by atoms with Gasteiger partial charge < -0.3 is 0 Å². The zero-order chi connectivity index (χ0) is 17.1. The van der Waals surface area contributed by atoms with E-state index in [0.717, 1.165) is 16.5 Å². The summed E-state index contributed by atoms with van der Waals surface area (Å²) in [5, 5.41) is 1.52. The molecule has 0 unspecified atom stereocenters. The molecule has 2 aromatic carbocycles. The topological polar surface area (TPSA) is 49.4 Å². The molecule has 1 aliphatic rings. The standard InChI is InChI=1S/C19H19BrN2O2/c1-2-17-16(13-6-4-3-5-7-13)12-18(23)22(17)21-19(24)14-8-10-15(20)11-9-14/h3-11,16-17H,2,12H2,1H3,(H,21,24)/t16-,17-/m0/s1. The van der Waals surface area contributed by atoms with Crippen LogP contribution in [0.25, 0.3) is 0 Å². The smallest absolute Gasteiger partial charge is 0.269 e. The molecule has 2 amide bonds. The molecular weight excluding hydrogens is 368 g/mol. The van der Waals surface area contributed by atoms with Gasteiger partial charge in [0.1, 0.15) is 0 Å². The summed E-state index contributed by atoms with van der Waals surface area (Å²) in [4.78, 5) is 24.9. The number of amides is 2. The third-order valence-electron chi connectivity index (χ3n) is 4.43. The number of hydrazine groups is 1. The number of benzene rings is 2. The van der Waals surface area contributed by atoms with E-state index in [2.05, 4.69) is 21.4 Å². The predicted octanol–water partition coefficient (Wildman–Crippen LogP) is 3.89. The van der Waals surface area contributed by atoms with E-state index in [1.165, 1.54) is 5.01 Å². The maximum absolute atomic E-state index is 12.5. The molecule has 1 heterocycles. The van der Waals surface area contributed by atoms with Gasteiger partial charge in [0.2, 0.25) is 5.91 Å². The highest BCUT2D eigenvalue weighted by Gasteiger charge is 2.40. The van der Waals surface area contributed by atoms with E-state index in [1.54, 1.807) is 12.1 Å². The number of carbonyl (C=O) groups is 2. The third kappa shape index (κ3) is 3.36. The molecule has 0 aromatic heterocycles. The van der Waals surface area contributed by atoms with Crippen LogP contribution in [-0.4, -0.2) is 22.9 Å². The lowest BCUT2D eigenvalue weighted by atomic mass is 9.90. The molecule has 3 rings (SSSR count). The largest absolute Gasteiger partial charge is 0.273 e. The van der Waals surface area contributed by atoms with Crippen LogP contribution in [0.4, 0.5) is 0 Å². The van der Waals surface area contributed by atoms with E-state index in [4.69, 9.17) is 0 Å². The van der Waals surface area contributed by atoms with Gasteiger partial charge in [-0.15, -0.1) is 0 Å². The van der Waals surface area contributed by atoms with Crippen molar-refractivity contribution in [2.45, 2.75) is 31.7 Å². The maximum Gasteiger partial charge on any atom is 0.269 e. The van der Waals surface area contributed by atoms with Crippen molar-refractivity contribution in [3.63, 3.8) is 0 Å². The van der Waals surface area contributed by atoms with Crippen LogP contribution in [0.15, 0.2) is 59.1 Å². The Morgan fingerprint density at radius 1 is 1.17 bits per heavy atom. The Morgan fingerprint density at radius 2 is 1.83 bits per heavy atom. The van der Waals surface area contributed by atoms with Gasteiger partial charge in [0.25, 0.3) is 5.91 Å². The molecule has 0 saturated carbocycles. The first-order chi connectivity index (χ1) is 11.6. The Labute approximate surface area is 150 Å². The predicted molar refractivity (Wildman–Crippen MR) is 96.3 cm³/mol. The molecule has 1 N–H and O–H groups in total. The van der Waals surface area contributed by atoms with Crippen LogP contribution < -0.4 is 5.43 Å². The van der Waals surface area contributed by atoms with Crippen molar-refractivity contribution in [2.24, 2.45) is 0 Å². The highest BCUT2D eigenvalue weighted by Crippen LogP contribution is 2.35. The van der Waals surface area contributed by atoms with E-state index in [9.17, 15) is 9.59 Å². The molecule has 1 aliphatic heterocycles. The quantitative estimate of drug-likeness (QED) is 0.866. The second-order valence-electron chi connectivity index (χ2n) is 5.91. The number of halogens is 1. The van der Waals surface area contributed by atoms with Crippen molar-refractivity contribution in [3.05, 3.63) is 70.2 Å². The summed E-state index contributed by atoms with van der Waals surface area (Å²) < 4.78 is 0.909. The van der Waals surface area contributed by atoms with Crippen molar-refractivity contribution >= 4 is 27.7 Å². The Kier molecular flexibility index (Phi) is 5.00. The Morgan fingerprint density at radius 3 is 2.46 bits per heavy atom. The monoisotopic (exact) mass is 386 g/mol. The lowest BCUT2D eigenvalue weighted by molar-refractivity contribution is -0.131. The number of carbonyl (C=O) groups excluding carboxylic acids is 2. The summed E-state index contributed by atoms with van der Waals surface area (Å²) >= 11 is 3.35. The van der Waals surface area contributed by atoms with Gasteiger partial charge in [-0.1, -0.05) is 53.2 Å². The number of nitrogens with one attached hydrogen (secondary N) is 1. The summed E-state index contributed by atoms with van der Waals surface area (Å²) in [7, 11) is 0. The third-order valence-corrected chi connectivity index (χ3v) is 4.96. The second kappa shape index (κ2) is 7.18. The van der Waals surface area contributed by atoms with E-state index < -0.39 is 0 Å². The molecule has 24 heavy (non-hydrogen) atoms.